The van der Waals surface area contributed by atoms with E-state index >= 15 is 0 Å². The standard InChI is InChI=1S/C20H17N5O/c1-13-11-14(17-6-4-15-12-21-9-7-18(15)23-17)3-5-16(13)24-20(26)19-8-10-22-25(19)2/h3-12H,1-2H3,(H,24,26). The van der Waals surface area contributed by atoms with E-state index in [0.717, 1.165) is 33.4 Å². The van der Waals surface area contributed by atoms with Crippen molar-refractivity contribution in [3.05, 3.63) is 72.3 Å². The lowest BCUT2D eigenvalue weighted by Crippen LogP contribution is -2.16. The van der Waals surface area contributed by atoms with Crippen molar-refractivity contribution in [2.45, 2.75) is 6.92 Å². The van der Waals surface area contributed by atoms with Crippen LogP contribution in [0.2, 0.25) is 0 Å². The fourth-order valence-corrected chi connectivity index (χ4v) is 2.87. The Bertz CT molecular complexity index is 1120. The molecule has 6 nitrogen and oxygen atoms in total. The van der Waals surface area contributed by atoms with E-state index < -0.39 is 0 Å². The van der Waals surface area contributed by atoms with Crippen molar-refractivity contribution in [2.24, 2.45) is 7.05 Å². The Kier molecular flexibility index (Phi) is 3.93. The summed E-state index contributed by atoms with van der Waals surface area (Å²) in [4.78, 5) is 21.2. The number of carbonyl (C=O) groups excluding carboxylic acids is 1. The smallest absolute Gasteiger partial charge is 0.273 e. The van der Waals surface area contributed by atoms with Gasteiger partial charge in [0.15, 0.2) is 0 Å². The van der Waals surface area contributed by atoms with Gasteiger partial charge >= 0.3 is 0 Å². The van der Waals surface area contributed by atoms with Gasteiger partial charge in [0.05, 0.1) is 11.2 Å². The quantitative estimate of drug-likeness (QED) is 0.617. The molecule has 4 rings (SSSR count). The van der Waals surface area contributed by atoms with Crippen LogP contribution in [-0.4, -0.2) is 25.7 Å². The lowest BCUT2D eigenvalue weighted by molar-refractivity contribution is 0.101. The summed E-state index contributed by atoms with van der Waals surface area (Å²) in [6.07, 6.45) is 5.14. The van der Waals surface area contributed by atoms with Gasteiger partial charge in [-0.25, -0.2) is 4.98 Å². The maximum atomic E-state index is 12.4. The van der Waals surface area contributed by atoms with Crippen LogP contribution in [0.1, 0.15) is 16.1 Å². The third-order valence-electron chi connectivity index (χ3n) is 4.31. The Morgan fingerprint density at radius 2 is 1.96 bits per heavy atom. The Labute approximate surface area is 150 Å². The molecule has 0 saturated carbocycles. The number of nitrogens with zero attached hydrogens (tertiary/aromatic N) is 4. The number of hydrogen-bond acceptors (Lipinski definition) is 4. The van der Waals surface area contributed by atoms with Crippen molar-refractivity contribution in [2.75, 3.05) is 5.32 Å². The van der Waals surface area contributed by atoms with E-state index in [1.165, 1.54) is 0 Å². The zero-order valence-electron chi connectivity index (χ0n) is 14.5. The van der Waals surface area contributed by atoms with Crippen LogP contribution in [0.3, 0.4) is 0 Å². The summed E-state index contributed by atoms with van der Waals surface area (Å²) in [5.74, 6) is -0.183. The van der Waals surface area contributed by atoms with Crippen molar-refractivity contribution in [1.29, 1.82) is 0 Å². The molecule has 0 saturated heterocycles. The van der Waals surface area contributed by atoms with Gasteiger partial charge in [-0.05, 0) is 48.9 Å². The van der Waals surface area contributed by atoms with Crippen LogP contribution in [0.25, 0.3) is 22.2 Å². The molecule has 0 aliphatic rings. The molecule has 1 aromatic carbocycles. The fraction of sp³-hybridized carbons (Fsp3) is 0.100. The average Bonchev–Trinajstić information content (AvgIpc) is 3.09. The molecular formula is C20H17N5O. The largest absolute Gasteiger partial charge is 0.320 e. The molecule has 6 heteroatoms. The molecule has 1 N–H and O–H groups in total. The molecule has 3 heterocycles. The van der Waals surface area contributed by atoms with E-state index in [9.17, 15) is 4.79 Å². The predicted molar refractivity (Wildman–Crippen MR) is 101 cm³/mol. The minimum atomic E-state index is -0.183. The summed E-state index contributed by atoms with van der Waals surface area (Å²) >= 11 is 0. The zero-order chi connectivity index (χ0) is 18.1. The molecule has 0 bridgehead atoms. The summed E-state index contributed by atoms with van der Waals surface area (Å²) in [5, 5.41) is 7.96. The molecule has 0 fully saturated rings. The first-order chi connectivity index (χ1) is 12.6. The van der Waals surface area contributed by atoms with Crippen molar-refractivity contribution < 1.29 is 4.79 Å². The van der Waals surface area contributed by atoms with Crippen molar-refractivity contribution in [3.63, 3.8) is 0 Å². The van der Waals surface area contributed by atoms with Gasteiger partial charge in [0.1, 0.15) is 5.69 Å². The van der Waals surface area contributed by atoms with Crippen LogP contribution in [0, 0.1) is 6.92 Å². The summed E-state index contributed by atoms with van der Waals surface area (Å²) < 4.78 is 1.55. The Balaban J connectivity index is 1.63. The maximum absolute atomic E-state index is 12.4. The van der Waals surface area contributed by atoms with Crippen molar-refractivity contribution in [3.8, 4) is 11.3 Å². The summed E-state index contributed by atoms with van der Waals surface area (Å²) in [7, 11) is 1.74. The van der Waals surface area contributed by atoms with E-state index in [4.69, 9.17) is 4.98 Å². The van der Waals surface area contributed by atoms with Gasteiger partial charge in [-0.1, -0.05) is 6.07 Å². The fourth-order valence-electron chi connectivity index (χ4n) is 2.87. The van der Waals surface area contributed by atoms with E-state index in [1.807, 2.05) is 43.3 Å². The normalized spacial score (nSPS) is 10.8. The number of amides is 1. The number of rotatable bonds is 3. The highest BCUT2D eigenvalue weighted by molar-refractivity contribution is 6.03. The third kappa shape index (κ3) is 2.93. The highest BCUT2D eigenvalue weighted by Crippen LogP contribution is 2.25. The molecule has 26 heavy (non-hydrogen) atoms. The molecule has 0 aliphatic carbocycles. The molecule has 3 aromatic heterocycles. The molecular weight excluding hydrogens is 326 g/mol. The highest BCUT2D eigenvalue weighted by atomic mass is 16.2. The number of aromatic nitrogens is 4. The second-order valence-electron chi connectivity index (χ2n) is 6.09. The van der Waals surface area contributed by atoms with Crippen LogP contribution in [-0.2, 0) is 7.05 Å². The van der Waals surface area contributed by atoms with Crippen molar-refractivity contribution in [1.82, 2.24) is 19.7 Å². The Hall–Kier alpha value is -3.54. The first kappa shape index (κ1) is 16.0. The van der Waals surface area contributed by atoms with Gasteiger partial charge in [0.25, 0.3) is 5.91 Å². The van der Waals surface area contributed by atoms with Crippen molar-refractivity contribution >= 4 is 22.5 Å². The van der Waals surface area contributed by atoms with Crippen LogP contribution in [0.15, 0.2) is 61.1 Å². The lowest BCUT2D eigenvalue weighted by Gasteiger charge is -2.11. The topological polar surface area (TPSA) is 72.7 Å². The van der Waals surface area contributed by atoms with Gasteiger partial charge in [0, 0.05) is 42.3 Å². The Morgan fingerprint density at radius 3 is 2.73 bits per heavy atom. The first-order valence-electron chi connectivity index (χ1n) is 8.23. The number of carbonyl (C=O) groups is 1. The van der Waals surface area contributed by atoms with E-state index in [2.05, 4.69) is 15.4 Å². The highest BCUT2D eigenvalue weighted by Gasteiger charge is 2.12. The van der Waals surface area contributed by atoms with Crippen LogP contribution in [0.4, 0.5) is 5.69 Å². The zero-order valence-corrected chi connectivity index (χ0v) is 14.5. The molecule has 0 atom stereocenters. The SMILES string of the molecule is Cc1cc(-c2ccc3cnccc3n2)ccc1NC(=O)c1ccnn1C. The molecule has 128 valence electrons. The number of fused-ring (bicyclic) bond motifs is 1. The third-order valence-corrected chi connectivity index (χ3v) is 4.31. The number of aryl methyl sites for hydroxylation is 2. The number of nitrogens with one attached hydrogen (secondary N) is 1. The number of anilines is 1. The summed E-state index contributed by atoms with van der Waals surface area (Å²) in [6, 6.07) is 13.5. The van der Waals surface area contributed by atoms with E-state index in [1.54, 1.807) is 36.4 Å². The van der Waals surface area contributed by atoms with Gasteiger partial charge in [-0.3, -0.25) is 14.5 Å². The molecule has 0 radical (unpaired) electrons. The first-order valence-corrected chi connectivity index (χ1v) is 8.23. The average molecular weight is 343 g/mol. The minimum absolute atomic E-state index is 0.183. The van der Waals surface area contributed by atoms with Gasteiger partial charge in [-0.2, -0.15) is 5.10 Å². The monoisotopic (exact) mass is 343 g/mol. The molecule has 0 aliphatic heterocycles. The van der Waals surface area contributed by atoms with Crippen LogP contribution in [0.5, 0.6) is 0 Å². The van der Waals surface area contributed by atoms with E-state index in [-0.39, 0.29) is 5.91 Å². The minimum Gasteiger partial charge on any atom is -0.320 e. The van der Waals surface area contributed by atoms with E-state index in [0.29, 0.717) is 5.69 Å². The van der Waals surface area contributed by atoms with Crippen LogP contribution >= 0.6 is 0 Å². The van der Waals surface area contributed by atoms with Gasteiger partial charge in [0.2, 0.25) is 0 Å². The van der Waals surface area contributed by atoms with Crippen LogP contribution < -0.4 is 5.32 Å². The molecule has 0 unspecified atom stereocenters. The number of hydrogen-bond donors (Lipinski definition) is 1. The molecule has 0 spiro atoms. The second-order valence-corrected chi connectivity index (χ2v) is 6.09. The van der Waals surface area contributed by atoms with Gasteiger partial charge in [-0.15, -0.1) is 0 Å². The molecule has 1 amide bonds. The second kappa shape index (κ2) is 6.40. The lowest BCUT2D eigenvalue weighted by atomic mass is 10.1. The molecule has 4 aromatic rings. The Morgan fingerprint density at radius 1 is 1.08 bits per heavy atom. The van der Waals surface area contributed by atoms with Gasteiger partial charge < -0.3 is 5.32 Å². The number of pyridine rings is 2. The number of benzene rings is 1. The maximum Gasteiger partial charge on any atom is 0.273 e. The predicted octanol–water partition coefficient (Wildman–Crippen LogP) is 3.59. The summed E-state index contributed by atoms with van der Waals surface area (Å²) in [5.41, 5.74) is 5.04. The summed E-state index contributed by atoms with van der Waals surface area (Å²) in [6.45, 7) is 1.97.